The van der Waals surface area contributed by atoms with Gasteiger partial charge in [-0.3, -0.25) is 9.78 Å². The summed E-state index contributed by atoms with van der Waals surface area (Å²) in [6.45, 7) is 7.39. The molecule has 0 radical (unpaired) electrons. The van der Waals surface area contributed by atoms with Gasteiger partial charge in [0.05, 0.1) is 10.1 Å². The van der Waals surface area contributed by atoms with Gasteiger partial charge in [-0.05, 0) is 35.9 Å². The van der Waals surface area contributed by atoms with Crippen LogP contribution in [0.4, 0.5) is 0 Å². The van der Waals surface area contributed by atoms with Gasteiger partial charge >= 0.3 is 0 Å². The lowest BCUT2D eigenvalue weighted by atomic mass is 10.1. The summed E-state index contributed by atoms with van der Waals surface area (Å²) in [4.78, 5) is 18.0. The quantitative estimate of drug-likeness (QED) is 0.580. The van der Waals surface area contributed by atoms with Gasteiger partial charge in [-0.1, -0.05) is 37.7 Å². The van der Waals surface area contributed by atoms with Crippen LogP contribution in [0.3, 0.4) is 0 Å². The van der Waals surface area contributed by atoms with Crippen molar-refractivity contribution in [2.24, 2.45) is 5.92 Å². The summed E-state index contributed by atoms with van der Waals surface area (Å²) in [5.74, 6) is 1.02. The fourth-order valence-corrected chi connectivity index (χ4v) is 4.49. The Bertz CT molecular complexity index is 862. The van der Waals surface area contributed by atoms with Gasteiger partial charge in [0.25, 0.3) is 0 Å². The molecule has 1 atom stereocenters. The van der Waals surface area contributed by atoms with Crippen LogP contribution < -0.4 is 5.32 Å². The molecule has 0 saturated heterocycles. The van der Waals surface area contributed by atoms with Gasteiger partial charge in [0, 0.05) is 25.5 Å². The van der Waals surface area contributed by atoms with Crippen molar-refractivity contribution in [3.05, 3.63) is 47.6 Å². The van der Waals surface area contributed by atoms with Crippen LogP contribution in [0.1, 0.15) is 26.3 Å². The first-order valence-corrected chi connectivity index (χ1v) is 10.7. The molecule has 1 amide bonds. The molecule has 0 aromatic carbocycles. The van der Waals surface area contributed by atoms with E-state index >= 15 is 0 Å². The van der Waals surface area contributed by atoms with Gasteiger partial charge in [-0.25, -0.2) is 0 Å². The van der Waals surface area contributed by atoms with E-state index in [1.807, 2.05) is 43.5 Å². The summed E-state index contributed by atoms with van der Waals surface area (Å²) in [5, 5.41) is 14.3. The molecule has 3 rings (SSSR count). The van der Waals surface area contributed by atoms with Crippen molar-refractivity contribution in [2.75, 3.05) is 0 Å². The highest BCUT2D eigenvalue weighted by atomic mass is 32.2. The fraction of sp³-hybridized carbons (Fsp3) is 0.368. The molecule has 1 N–H and O–H groups in total. The molecule has 1 unspecified atom stereocenters. The summed E-state index contributed by atoms with van der Waals surface area (Å²) in [6.07, 6.45) is 3.49. The Morgan fingerprint density at radius 3 is 2.78 bits per heavy atom. The zero-order valence-corrected chi connectivity index (χ0v) is 17.3. The Balaban J connectivity index is 1.73. The van der Waals surface area contributed by atoms with Crippen molar-refractivity contribution in [3.63, 3.8) is 0 Å². The molecular weight excluding hydrogens is 378 g/mol. The number of pyridine rings is 1. The Morgan fingerprint density at radius 1 is 1.30 bits per heavy atom. The highest BCUT2D eigenvalue weighted by Gasteiger charge is 2.26. The molecule has 0 aliphatic heterocycles. The molecule has 142 valence electrons. The molecule has 27 heavy (non-hydrogen) atoms. The van der Waals surface area contributed by atoms with Crippen molar-refractivity contribution in [1.29, 1.82) is 0 Å². The number of hydrogen-bond acceptors (Lipinski definition) is 6. The normalized spacial score (nSPS) is 12.3. The van der Waals surface area contributed by atoms with Crippen LogP contribution in [0.5, 0.6) is 0 Å². The summed E-state index contributed by atoms with van der Waals surface area (Å²) in [6, 6.07) is 7.86. The molecule has 0 bridgehead atoms. The minimum absolute atomic E-state index is 0.00202. The second kappa shape index (κ2) is 9.14. The lowest BCUT2D eigenvalue weighted by molar-refractivity contribution is -0.121. The van der Waals surface area contributed by atoms with E-state index in [1.165, 1.54) is 11.8 Å². The molecular formula is C19H23N5OS2. The minimum Gasteiger partial charge on any atom is -0.351 e. The van der Waals surface area contributed by atoms with E-state index < -0.39 is 0 Å². The second-order valence-corrected chi connectivity index (χ2v) is 8.45. The largest absolute Gasteiger partial charge is 0.351 e. The average molecular weight is 402 g/mol. The minimum atomic E-state index is -0.243. The van der Waals surface area contributed by atoms with Crippen LogP contribution in [0.25, 0.3) is 10.7 Å². The molecule has 0 spiro atoms. The first kappa shape index (κ1) is 19.6. The van der Waals surface area contributed by atoms with E-state index in [4.69, 9.17) is 0 Å². The monoisotopic (exact) mass is 401 g/mol. The number of aromatic nitrogens is 4. The van der Waals surface area contributed by atoms with Crippen molar-refractivity contribution in [3.8, 4) is 10.7 Å². The van der Waals surface area contributed by atoms with Crippen LogP contribution in [-0.2, 0) is 17.9 Å². The van der Waals surface area contributed by atoms with Crippen LogP contribution in [-0.4, -0.2) is 30.9 Å². The number of nitrogens with one attached hydrogen (secondary N) is 1. The maximum atomic E-state index is 12.8. The standard InChI is InChI=1S/C19H23N5OS2/c1-4-24-17(15-8-6-10-26-15)22-23-19(24)27-16(13(2)3)18(25)21-12-14-7-5-9-20-11-14/h5-11,13,16H,4,12H2,1-3H3,(H,21,25). The lowest BCUT2D eigenvalue weighted by Gasteiger charge is -2.19. The maximum absolute atomic E-state index is 12.8. The maximum Gasteiger partial charge on any atom is 0.234 e. The van der Waals surface area contributed by atoms with Gasteiger partial charge in [0.2, 0.25) is 5.91 Å². The third kappa shape index (κ3) is 4.75. The molecule has 0 aliphatic carbocycles. The summed E-state index contributed by atoms with van der Waals surface area (Å²) < 4.78 is 2.07. The average Bonchev–Trinajstić information content (AvgIpc) is 3.33. The van der Waals surface area contributed by atoms with E-state index in [2.05, 4.69) is 32.0 Å². The smallest absolute Gasteiger partial charge is 0.234 e. The van der Waals surface area contributed by atoms with Crippen LogP contribution >= 0.6 is 23.1 Å². The number of carbonyl (C=O) groups is 1. The highest BCUT2D eigenvalue weighted by Crippen LogP contribution is 2.31. The van der Waals surface area contributed by atoms with Crippen molar-refractivity contribution in [2.45, 2.75) is 44.3 Å². The van der Waals surface area contributed by atoms with E-state index in [9.17, 15) is 4.79 Å². The van der Waals surface area contributed by atoms with E-state index in [0.29, 0.717) is 6.54 Å². The lowest BCUT2D eigenvalue weighted by Crippen LogP contribution is -2.35. The molecule has 8 heteroatoms. The number of nitrogens with zero attached hydrogens (tertiary/aromatic N) is 4. The highest BCUT2D eigenvalue weighted by molar-refractivity contribution is 8.00. The van der Waals surface area contributed by atoms with Gasteiger partial charge in [0.15, 0.2) is 11.0 Å². The molecule has 3 aromatic rings. The van der Waals surface area contributed by atoms with E-state index in [0.717, 1.165) is 28.0 Å². The van der Waals surface area contributed by atoms with Crippen molar-refractivity contribution >= 4 is 29.0 Å². The summed E-state index contributed by atoms with van der Waals surface area (Å²) >= 11 is 3.11. The first-order chi connectivity index (χ1) is 13.1. The number of carbonyl (C=O) groups excluding carboxylic acids is 1. The topological polar surface area (TPSA) is 72.7 Å². The second-order valence-electron chi connectivity index (χ2n) is 6.39. The van der Waals surface area contributed by atoms with Gasteiger partial charge < -0.3 is 9.88 Å². The van der Waals surface area contributed by atoms with Gasteiger partial charge in [-0.2, -0.15) is 0 Å². The SMILES string of the molecule is CCn1c(SC(C(=O)NCc2cccnc2)C(C)C)nnc1-c1cccs1. The van der Waals surface area contributed by atoms with Crippen LogP contribution in [0, 0.1) is 5.92 Å². The Hall–Kier alpha value is -2.19. The zero-order chi connectivity index (χ0) is 19.2. The number of hydrogen-bond donors (Lipinski definition) is 1. The number of thiophene rings is 1. The van der Waals surface area contributed by atoms with E-state index in [1.54, 1.807) is 23.7 Å². The van der Waals surface area contributed by atoms with E-state index in [-0.39, 0.29) is 17.1 Å². The molecule has 0 saturated carbocycles. The number of amides is 1. The molecule has 3 aromatic heterocycles. The molecule has 3 heterocycles. The zero-order valence-electron chi connectivity index (χ0n) is 15.6. The summed E-state index contributed by atoms with van der Waals surface area (Å²) in [7, 11) is 0. The Labute approximate surface area is 167 Å². The van der Waals surface area contributed by atoms with Crippen molar-refractivity contribution < 1.29 is 4.79 Å². The predicted molar refractivity (Wildman–Crippen MR) is 110 cm³/mol. The van der Waals surface area contributed by atoms with Crippen molar-refractivity contribution in [1.82, 2.24) is 25.1 Å². The third-order valence-electron chi connectivity index (χ3n) is 4.06. The molecule has 0 aliphatic rings. The Morgan fingerprint density at radius 2 is 2.15 bits per heavy atom. The number of rotatable bonds is 8. The predicted octanol–water partition coefficient (Wildman–Crippen LogP) is 3.85. The molecule has 0 fully saturated rings. The van der Waals surface area contributed by atoms with Gasteiger partial charge in [-0.15, -0.1) is 21.5 Å². The van der Waals surface area contributed by atoms with Gasteiger partial charge in [0.1, 0.15) is 0 Å². The van der Waals surface area contributed by atoms with Crippen LogP contribution in [0.15, 0.2) is 47.2 Å². The molecule has 6 nitrogen and oxygen atoms in total. The number of thioether (sulfide) groups is 1. The fourth-order valence-electron chi connectivity index (χ4n) is 2.65. The summed E-state index contributed by atoms with van der Waals surface area (Å²) in [5.41, 5.74) is 0.982. The third-order valence-corrected chi connectivity index (χ3v) is 6.45. The van der Waals surface area contributed by atoms with Crippen LogP contribution in [0.2, 0.25) is 0 Å². The Kier molecular flexibility index (Phi) is 6.63. The first-order valence-electron chi connectivity index (χ1n) is 8.90.